The summed E-state index contributed by atoms with van der Waals surface area (Å²) >= 11 is 5.02. The Hall–Kier alpha value is -0.350. The third-order valence-corrected chi connectivity index (χ3v) is 3.51. The van der Waals surface area contributed by atoms with E-state index in [4.69, 9.17) is 4.74 Å². The lowest BCUT2D eigenvalue weighted by Crippen LogP contribution is -2.06. The molecular weight excluding hydrogens is 252 g/mol. The van der Waals surface area contributed by atoms with Crippen molar-refractivity contribution in [2.75, 3.05) is 6.61 Å². The third kappa shape index (κ3) is 3.12. The number of esters is 1. The molecule has 0 bridgehead atoms. The molecule has 1 heterocycles. The Morgan fingerprint density at radius 1 is 1.69 bits per heavy atom. The number of ether oxygens (including phenoxy) is 1. The first-order chi connectivity index (χ1) is 6.13. The second kappa shape index (κ2) is 4.77. The van der Waals surface area contributed by atoms with Gasteiger partial charge in [-0.2, -0.15) is 0 Å². The Kier molecular flexibility index (Phi) is 3.93. The van der Waals surface area contributed by atoms with Crippen molar-refractivity contribution in [3.05, 3.63) is 20.3 Å². The molecule has 0 aliphatic rings. The Labute approximate surface area is 90.0 Å². The van der Waals surface area contributed by atoms with E-state index < -0.39 is 0 Å². The molecule has 0 aromatic carbocycles. The second-order valence-corrected chi connectivity index (χ2v) is 4.81. The number of thiophene rings is 1. The SMILES string of the molecule is CCOC(=O)Cc1sc(C)cc1Br. The highest BCUT2D eigenvalue weighted by atomic mass is 79.9. The van der Waals surface area contributed by atoms with Gasteiger partial charge in [-0.3, -0.25) is 4.79 Å². The summed E-state index contributed by atoms with van der Waals surface area (Å²) in [7, 11) is 0. The van der Waals surface area contributed by atoms with Crippen LogP contribution < -0.4 is 0 Å². The van der Waals surface area contributed by atoms with Gasteiger partial charge in [-0.25, -0.2) is 0 Å². The topological polar surface area (TPSA) is 26.3 Å². The zero-order valence-electron chi connectivity index (χ0n) is 7.59. The monoisotopic (exact) mass is 262 g/mol. The molecule has 0 fully saturated rings. The molecule has 0 saturated carbocycles. The van der Waals surface area contributed by atoms with Crippen LogP contribution in [0.2, 0.25) is 0 Å². The van der Waals surface area contributed by atoms with E-state index in [1.807, 2.05) is 19.9 Å². The van der Waals surface area contributed by atoms with Gasteiger partial charge in [0.2, 0.25) is 0 Å². The average molecular weight is 263 g/mol. The summed E-state index contributed by atoms with van der Waals surface area (Å²) in [6, 6.07) is 2.01. The third-order valence-electron chi connectivity index (χ3n) is 1.49. The Morgan fingerprint density at radius 2 is 2.38 bits per heavy atom. The van der Waals surface area contributed by atoms with Crippen molar-refractivity contribution < 1.29 is 9.53 Å². The highest BCUT2D eigenvalue weighted by Crippen LogP contribution is 2.27. The molecule has 0 N–H and O–H groups in total. The summed E-state index contributed by atoms with van der Waals surface area (Å²) in [4.78, 5) is 13.4. The number of hydrogen-bond donors (Lipinski definition) is 0. The van der Waals surface area contributed by atoms with Crippen LogP contribution in [0.1, 0.15) is 16.7 Å². The zero-order chi connectivity index (χ0) is 9.84. The van der Waals surface area contributed by atoms with E-state index in [-0.39, 0.29) is 5.97 Å². The molecule has 0 aliphatic carbocycles. The summed E-state index contributed by atoms with van der Waals surface area (Å²) in [5, 5.41) is 0. The molecule has 0 spiro atoms. The van der Waals surface area contributed by atoms with Crippen LogP contribution in [0.3, 0.4) is 0 Å². The van der Waals surface area contributed by atoms with Crippen LogP contribution in [-0.4, -0.2) is 12.6 Å². The Bertz CT molecular complexity index is 307. The van der Waals surface area contributed by atoms with Gasteiger partial charge >= 0.3 is 5.97 Å². The van der Waals surface area contributed by atoms with Crippen molar-refractivity contribution in [1.82, 2.24) is 0 Å². The molecule has 0 saturated heterocycles. The molecule has 0 amide bonds. The van der Waals surface area contributed by atoms with Crippen LogP contribution in [0.15, 0.2) is 10.5 Å². The zero-order valence-corrected chi connectivity index (χ0v) is 10.00. The molecular formula is C9H11BrO2S. The van der Waals surface area contributed by atoms with E-state index in [0.29, 0.717) is 13.0 Å². The smallest absolute Gasteiger partial charge is 0.311 e. The van der Waals surface area contributed by atoms with Gasteiger partial charge < -0.3 is 4.74 Å². The van der Waals surface area contributed by atoms with Gasteiger partial charge in [-0.05, 0) is 35.8 Å². The van der Waals surface area contributed by atoms with Gasteiger partial charge in [0.15, 0.2) is 0 Å². The first kappa shape index (κ1) is 10.7. The van der Waals surface area contributed by atoms with Gasteiger partial charge in [-0.15, -0.1) is 11.3 Å². The van der Waals surface area contributed by atoms with E-state index in [0.717, 1.165) is 9.35 Å². The van der Waals surface area contributed by atoms with Crippen molar-refractivity contribution in [2.24, 2.45) is 0 Å². The lowest BCUT2D eigenvalue weighted by Gasteiger charge is -1.99. The van der Waals surface area contributed by atoms with Crippen LogP contribution in [0.5, 0.6) is 0 Å². The summed E-state index contributed by atoms with van der Waals surface area (Å²) in [6.07, 6.45) is 0.368. The van der Waals surface area contributed by atoms with E-state index >= 15 is 0 Å². The Morgan fingerprint density at radius 3 is 2.85 bits per heavy atom. The minimum absolute atomic E-state index is 0.162. The first-order valence-corrected chi connectivity index (χ1v) is 5.65. The molecule has 0 atom stereocenters. The predicted molar refractivity (Wildman–Crippen MR) is 57.1 cm³/mol. The van der Waals surface area contributed by atoms with E-state index in [9.17, 15) is 4.79 Å². The molecule has 2 nitrogen and oxygen atoms in total. The maximum atomic E-state index is 11.1. The summed E-state index contributed by atoms with van der Waals surface area (Å²) < 4.78 is 5.86. The number of carbonyl (C=O) groups excluding carboxylic acids is 1. The fourth-order valence-electron chi connectivity index (χ4n) is 0.995. The van der Waals surface area contributed by atoms with Crippen molar-refractivity contribution in [1.29, 1.82) is 0 Å². The van der Waals surface area contributed by atoms with Crippen LogP contribution in [-0.2, 0) is 16.0 Å². The van der Waals surface area contributed by atoms with Gasteiger partial charge in [-0.1, -0.05) is 0 Å². The average Bonchev–Trinajstić information content (AvgIpc) is 2.30. The molecule has 1 aromatic rings. The molecule has 0 aliphatic heterocycles. The lowest BCUT2D eigenvalue weighted by molar-refractivity contribution is -0.142. The highest BCUT2D eigenvalue weighted by Gasteiger charge is 2.09. The summed E-state index contributed by atoms with van der Waals surface area (Å²) in [5.74, 6) is -0.162. The maximum Gasteiger partial charge on any atom is 0.311 e. The molecule has 0 unspecified atom stereocenters. The van der Waals surface area contributed by atoms with E-state index in [1.165, 1.54) is 4.88 Å². The van der Waals surface area contributed by atoms with Gasteiger partial charge in [0, 0.05) is 14.2 Å². The first-order valence-electron chi connectivity index (χ1n) is 4.04. The van der Waals surface area contributed by atoms with Gasteiger partial charge in [0.1, 0.15) is 0 Å². The minimum Gasteiger partial charge on any atom is -0.466 e. The second-order valence-electron chi connectivity index (χ2n) is 2.61. The summed E-state index contributed by atoms with van der Waals surface area (Å²) in [5.41, 5.74) is 0. The molecule has 1 aromatic heterocycles. The van der Waals surface area contributed by atoms with Crippen molar-refractivity contribution in [3.8, 4) is 0 Å². The van der Waals surface area contributed by atoms with Gasteiger partial charge in [0.25, 0.3) is 0 Å². The summed E-state index contributed by atoms with van der Waals surface area (Å²) in [6.45, 7) is 4.28. The predicted octanol–water partition coefficient (Wildman–Crippen LogP) is 2.92. The lowest BCUT2D eigenvalue weighted by atomic mass is 10.3. The standard InChI is InChI=1S/C9H11BrO2S/c1-3-12-9(11)5-8-7(10)4-6(2)13-8/h4H,3,5H2,1-2H3. The number of halogens is 1. The van der Waals surface area contributed by atoms with E-state index in [2.05, 4.69) is 15.9 Å². The molecule has 1 rings (SSSR count). The number of carbonyl (C=O) groups is 1. The quantitative estimate of drug-likeness (QED) is 0.784. The molecule has 13 heavy (non-hydrogen) atoms. The fourth-order valence-corrected chi connectivity index (χ4v) is 2.78. The van der Waals surface area contributed by atoms with Crippen molar-refractivity contribution in [2.45, 2.75) is 20.3 Å². The van der Waals surface area contributed by atoms with Crippen LogP contribution in [0, 0.1) is 6.92 Å². The van der Waals surface area contributed by atoms with Crippen LogP contribution >= 0.6 is 27.3 Å². The number of aryl methyl sites for hydroxylation is 1. The molecule has 4 heteroatoms. The maximum absolute atomic E-state index is 11.1. The van der Waals surface area contributed by atoms with Crippen molar-refractivity contribution in [3.63, 3.8) is 0 Å². The molecule has 72 valence electrons. The largest absolute Gasteiger partial charge is 0.466 e. The molecule has 0 radical (unpaired) electrons. The van der Waals surface area contributed by atoms with Gasteiger partial charge in [0.05, 0.1) is 13.0 Å². The van der Waals surface area contributed by atoms with E-state index in [1.54, 1.807) is 11.3 Å². The normalized spacial score (nSPS) is 10.1. The number of rotatable bonds is 3. The minimum atomic E-state index is -0.162. The van der Waals surface area contributed by atoms with Crippen LogP contribution in [0.4, 0.5) is 0 Å². The Balaban J connectivity index is 2.63. The fraction of sp³-hybridized carbons (Fsp3) is 0.444. The highest BCUT2D eigenvalue weighted by molar-refractivity contribution is 9.10. The van der Waals surface area contributed by atoms with Crippen molar-refractivity contribution >= 4 is 33.2 Å². The number of hydrogen-bond acceptors (Lipinski definition) is 3. The van der Waals surface area contributed by atoms with Crippen LogP contribution in [0.25, 0.3) is 0 Å².